The largest absolute Gasteiger partial charge is 0.258 e. The maximum absolute atomic E-state index is 6.21. The van der Waals surface area contributed by atoms with Crippen molar-refractivity contribution in [3.63, 3.8) is 0 Å². The van der Waals surface area contributed by atoms with E-state index in [1.54, 1.807) is 41.0 Å². The van der Waals surface area contributed by atoms with E-state index >= 15 is 0 Å². The van der Waals surface area contributed by atoms with E-state index in [1.165, 1.54) is 0 Å². The van der Waals surface area contributed by atoms with Gasteiger partial charge in [0.2, 0.25) is 4.80 Å². The number of benzene rings is 1. The highest BCUT2D eigenvalue weighted by Crippen LogP contribution is 2.26. The molecule has 2 heterocycles. The van der Waals surface area contributed by atoms with Gasteiger partial charge in [-0.2, -0.15) is 5.10 Å². The highest BCUT2D eigenvalue weighted by atomic mass is 35.5. The topological polar surface area (TPSA) is 29.6 Å². The molecule has 0 radical (unpaired) electrons. The molecular weight excluding hydrogens is 369 g/mol. The van der Waals surface area contributed by atoms with E-state index in [2.05, 4.69) is 21.5 Å². The predicted molar refractivity (Wildman–Crippen MR) is 101 cm³/mol. The molecule has 7 heteroatoms. The zero-order valence-electron chi connectivity index (χ0n) is 12.2. The van der Waals surface area contributed by atoms with Crippen molar-refractivity contribution in [1.82, 2.24) is 4.68 Å². The second-order valence-electron chi connectivity index (χ2n) is 4.55. The first kappa shape index (κ1) is 16.5. The molecule has 2 aromatic heterocycles. The third-order valence-electron chi connectivity index (χ3n) is 3.05. The average molecular weight is 382 g/mol. The summed E-state index contributed by atoms with van der Waals surface area (Å²) < 4.78 is 1.83. The van der Waals surface area contributed by atoms with Gasteiger partial charge < -0.3 is 0 Å². The zero-order valence-corrected chi connectivity index (χ0v) is 15.4. The molecule has 118 valence electrons. The van der Waals surface area contributed by atoms with Gasteiger partial charge in [0.15, 0.2) is 0 Å². The van der Waals surface area contributed by atoms with Gasteiger partial charge in [0, 0.05) is 17.5 Å². The Morgan fingerprint density at radius 2 is 1.91 bits per heavy atom. The first-order chi connectivity index (χ1) is 11.2. The minimum Gasteiger partial charge on any atom is -0.258 e. The first-order valence-electron chi connectivity index (χ1n) is 6.94. The monoisotopic (exact) mass is 381 g/mol. The number of thiazole rings is 1. The maximum atomic E-state index is 6.21. The molecule has 23 heavy (non-hydrogen) atoms. The van der Waals surface area contributed by atoms with Crippen LogP contribution < -0.4 is 4.80 Å². The van der Waals surface area contributed by atoms with Crippen molar-refractivity contribution < 1.29 is 0 Å². The Kier molecular flexibility index (Phi) is 5.33. The van der Waals surface area contributed by atoms with Crippen LogP contribution in [0.5, 0.6) is 0 Å². The smallest absolute Gasteiger partial charge is 0.206 e. The van der Waals surface area contributed by atoms with Crippen molar-refractivity contribution >= 4 is 52.1 Å². The summed E-state index contributed by atoms with van der Waals surface area (Å²) >= 11 is 15.6. The summed E-state index contributed by atoms with van der Waals surface area (Å²) in [5.41, 5.74) is 1.71. The molecule has 0 N–H and O–H groups in total. The van der Waals surface area contributed by atoms with Crippen molar-refractivity contribution in [3.8, 4) is 10.6 Å². The number of aromatic nitrogens is 1. The molecule has 0 aliphatic rings. The van der Waals surface area contributed by atoms with Gasteiger partial charge in [-0.05, 0) is 30.5 Å². The van der Waals surface area contributed by atoms with Crippen LogP contribution in [0.15, 0.2) is 51.2 Å². The molecule has 0 saturated heterocycles. The molecule has 0 spiro atoms. The van der Waals surface area contributed by atoms with Crippen LogP contribution in [0, 0.1) is 0 Å². The number of nitrogens with zero attached hydrogens (tertiary/aromatic N) is 3. The molecule has 0 atom stereocenters. The van der Waals surface area contributed by atoms with Crippen molar-refractivity contribution in [1.29, 1.82) is 0 Å². The molecule has 0 fully saturated rings. The minimum atomic E-state index is 0.573. The second kappa shape index (κ2) is 7.45. The van der Waals surface area contributed by atoms with Crippen molar-refractivity contribution in [2.45, 2.75) is 6.92 Å². The summed E-state index contributed by atoms with van der Waals surface area (Å²) in [5.74, 6) is 0. The van der Waals surface area contributed by atoms with Crippen molar-refractivity contribution in [2.24, 2.45) is 10.1 Å². The fourth-order valence-electron chi connectivity index (χ4n) is 2.00. The minimum absolute atomic E-state index is 0.573. The molecule has 3 aromatic rings. The molecule has 0 bridgehead atoms. The Morgan fingerprint density at radius 3 is 2.57 bits per heavy atom. The quantitative estimate of drug-likeness (QED) is 0.542. The van der Waals surface area contributed by atoms with Gasteiger partial charge in [-0.25, -0.2) is 4.68 Å². The summed E-state index contributed by atoms with van der Waals surface area (Å²) in [7, 11) is 0. The summed E-state index contributed by atoms with van der Waals surface area (Å²) in [4.78, 5) is 6.48. The van der Waals surface area contributed by atoms with Gasteiger partial charge >= 0.3 is 0 Å². The van der Waals surface area contributed by atoms with Crippen LogP contribution in [-0.2, 0) is 0 Å². The van der Waals surface area contributed by atoms with Gasteiger partial charge in [0.1, 0.15) is 0 Å². The Labute approximate surface area is 152 Å². The molecule has 0 aliphatic carbocycles. The van der Waals surface area contributed by atoms with E-state index in [4.69, 9.17) is 23.2 Å². The van der Waals surface area contributed by atoms with Crippen LogP contribution in [0.2, 0.25) is 10.0 Å². The molecule has 1 aromatic carbocycles. The Morgan fingerprint density at radius 1 is 1.13 bits per heavy atom. The van der Waals surface area contributed by atoms with Crippen LogP contribution in [0.1, 0.15) is 12.5 Å². The van der Waals surface area contributed by atoms with E-state index in [1.807, 2.05) is 29.1 Å². The van der Waals surface area contributed by atoms with Gasteiger partial charge in [0.05, 0.1) is 26.8 Å². The lowest BCUT2D eigenvalue weighted by Crippen LogP contribution is -2.12. The highest BCUT2D eigenvalue weighted by Gasteiger charge is 2.09. The van der Waals surface area contributed by atoms with Crippen LogP contribution in [0.25, 0.3) is 10.6 Å². The van der Waals surface area contributed by atoms with Gasteiger partial charge in [0.25, 0.3) is 0 Å². The zero-order chi connectivity index (χ0) is 16.2. The van der Waals surface area contributed by atoms with Crippen LogP contribution >= 0.6 is 45.9 Å². The van der Waals surface area contributed by atoms with E-state index in [9.17, 15) is 0 Å². The van der Waals surface area contributed by atoms with Gasteiger partial charge in [-0.3, -0.25) is 4.99 Å². The number of halogens is 2. The summed E-state index contributed by atoms with van der Waals surface area (Å²) in [6.07, 6.45) is 1.68. The summed E-state index contributed by atoms with van der Waals surface area (Å²) in [5, 5.41) is 9.83. The summed E-state index contributed by atoms with van der Waals surface area (Å²) in [6, 6.07) is 9.49. The number of rotatable bonds is 4. The van der Waals surface area contributed by atoms with Crippen LogP contribution in [0.3, 0.4) is 0 Å². The van der Waals surface area contributed by atoms with Crippen LogP contribution in [0.4, 0.5) is 0 Å². The second-order valence-corrected chi connectivity index (χ2v) is 7.15. The first-order valence-corrected chi connectivity index (χ1v) is 9.45. The average Bonchev–Trinajstić information content (AvgIpc) is 3.17. The van der Waals surface area contributed by atoms with E-state index in [-0.39, 0.29) is 0 Å². The van der Waals surface area contributed by atoms with E-state index in [0.717, 1.165) is 15.4 Å². The fourth-order valence-corrected chi connectivity index (χ4v) is 4.19. The highest BCUT2D eigenvalue weighted by molar-refractivity contribution is 7.14. The lowest BCUT2D eigenvalue weighted by Gasteiger charge is -2.03. The normalized spacial score (nSPS) is 12.4. The standard InChI is InChI=1S/C16H13Cl2N3S2/c1-2-19-16-21(14(10-23-16)15-7-4-8-22-15)20-9-11-12(17)5-3-6-13(11)18/h3-10H,2H2,1H3. The van der Waals surface area contributed by atoms with E-state index < -0.39 is 0 Å². The third kappa shape index (κ3) is 3.58. The molecule has 3 nitrogen and oxygen atoms in total. The number of hydrogen-bond acceptors (Lipinski definition) is 4. The third-order valence-corrected chi connectivity index (χ3v) is 5.46. The van der Waals surface area contributed by atoms with E-state index in [0.29, 0.717) is 22.2 Å². The number of hydrogen-bond donors (Lipinski definition) is 0. The molecular formula is C16H13Cl2N3S2. The predicted octanol–water partition coefficient (Wildman–Crippen LogP) is 5.39. The molecule has 3 rings (SSSR count). The van der Waals surface area contributed by atoms with Crippen molar-refractivity contribution in [2.75, 3.05) is 6.54 Å². The summed E-state index contributed by atoms with van der Waals surface area (Å²) in [6.45, 7) is 2.70. The SMILES string of the molecule is CCN=c1scc(-c2cccs2)n1N=Cc1c(Cl)cccc1Cl. The maximum Gasteiger partial charge on any atom is 0.206 e. The lowest BCUT2D eigenvalue weighted by atomic mass is 10.2. The Balaban J connectivity index is 2.10. The van der Waals surface area contributed by atoms with Crippen molar-refractivity contribution in [3.05, 3.63) is 61.5 Å². The molecule has 0 aliphatic heterocycles. The van der Waals surface area contributed by atoms with Crippen LogP contribution in [-0.4, -0.2) is 17.4 Å². The lowest BCUT2D eigenvalue weighted by molar-refractivity contribution is 0.834. The molecule has 0 unspecified atom stereocenters. The van der Waals surface area contributed by atoms with Gasteiger partial charge in [-0.15, -0.1) is 22.7 Å². The molecule has 0 saturated carbocycles. The molecule has 0 amide bonds. The van der Waals surface area contributed by atoms with Gasteiger partial charge in [-0.1, -0.05) is 35.3 Å². The number of thiophene rings is 1. The Bertz CT molecular complexity index is 872. The fraction of sp³-hybridized carbons (Fsp3) is 0.125. The Hall–Kier alpha value is -1.40.